The fraction of sp³-hybridized carbons (Fsp3) is 0.471. The summed E-state index contributed by atoms with van der Waals surface area (Å²) in [4.78, 5) is 27.1. The number of hydrogen-bond donors (Lipinski definition) is 2. The maximum Gasteiger partial charge on any atom is 0.313 e. The van der Waals surface area contributed by atoms with E-state index < -0.39 is 17.0 Å². The third kappa shape index (κ3) is 4.80. The summed E-state index contributed by atoms with van der Waals surface area (Å²) in [5.74, 6) is -1.99. The van der Waals surface area contributed by atoms with Crippen LogP contribution in [0.15, 0.2) is 16.6 Å². The second kappa shape index (κ2) is 8.97. The minimum atomic E-state index is -1.05. The number of aliphatic carboxylic acids is 1. The molecule has 0 spiro atoms. The zero-order chi connectivity index (χ0) is 17.7. The monoisotopic (exact) mass is 429 g/mol. The maximum absolute atomic E-state index is 11.4. The van der Waals surface area contributed by atoms with Crippen molar-refractivity contribution >= 4 is 61.2 Å². The number of carbonyl (C=O) groups excluding carboxylic acids is 1. The molecule has 0 saturated carbocycles. The Morgan fingerprint density at radius 3 is 2.71 bits per heavy atom. The second-order valence-electron chi connectivity index (χ2n) is 5.74. The van der Waals surface area contributed by atoms with Crippen molar-refractivity contribution in [1.29, 1.82) is 0 Å². The number of carboxylic acid groups (broad SMARTS) is 1. The van der Waals surface area contributed by atoms with Gasteiger partial charge < -0.3 is 5.11 Å². The molecule has 2 rings (SSSR count). The molecule has 4 nitrogen and oxygen atoms in total. The number of carbonyl (C=O) groups is 2. The fourth-order valence-electron chi connectivity index (χ4n) is 2.56. The van der Waals surface area contributed by atoms with Gasteiger partial charge >= 0.3 is 5.97 Å². The van der Waals surface area contributed by atoms with Crippen molar-refractivity contribution in [2.45, 2.75) is 51.4 Å². The minimum Gasteiger partial charge on any atom is -0.481 e. The summed E-state index contributed by atoms with van der Waals surface area (Å²) in [6, 6.07) is 4.05. The normalized spacial score (nSPS) is 12.5. The Labute approximate surface area is 159 Å². The Balaban J connectivity index is 2.28. The van der Waals surface area contributed by atoms with E-state index in [1.807, 2.05) is 6.07 Å². The van der Waals surface area contributed by atoms with Crippen LogP contribution in [0.25, 0.3) is 10.2 Å². The summed E-state index contributed by atoms with van der Waals surface area (Å²) in [5.41, 5.74) is 1.97. The van der Waals surface area contributed by atoms with E-state index in [-0.39, 0.29) is 6.42 Å². The number of aromatic nitrogens is 1. The summed E-state index contributed by atoms with van der Waals surface area (Å²) in [5, 5.41) is 9.36. The molecular weight excluding hydrogens is 410 g/mol. The van der Waals surface area contributed by atoms with Gasteiger partial charge in [-0.25, -0.2) is 4.98 Å². The smallest absolute Gasteiger partial charge is 0.313 e. The molecule has 1 aromatic carbocycles. The highest BCUT2D eigenvalue weighted by molar-refractivity contribution is 9.10. The van der Waals surface area contributed by atoms with Gasteiger partial charge in [0.25, 0.3) is 0 Å². The molecule has 1 aromatic heterocycles. The number of halogens is 1. The minimum absolute atomic E-state index is 0.153. The molecule has 0 aliphatic heterocycles. The molecule has 1 N–H and O–H groups in total. The number of carboxylic acids is 1. The molecular formula is C17H20BrNO3S2. The van der Waals surface area contributed by atoms with Crippen LogP contribution in [0.5, 0.6) is 0 Å². The van der Waals surface area contributed by atoms with Gasteiger partial charge in [-0.15, -0.1) is 24.0 Å². The van der Waals surface area contributed by atoms with E-state index in [2.05, 4.69) is 46.5 Å². The standard InChI is InChI=1S/C17H20BrNO3S2/c1-2-3-4-5-6-10-7-8-12-15(14(10)18)19-16(24-12)11(17(21)22)9-13(20)23/h7-8,11H,2-6,9H2,1H3,(H,20,23)(H,21,22). The molecule has 0 aliphatic carbocycles. The third-order valence-electron chi connectivity index (χ3n) is 3.87. The number of fused-ring (bicyclic) bond motifs is 1. The molecule has 0 saturated heterocycles. The number of benzene rings is 1. The van der Waals surface area contributed by atoms with E-state index in [4.69, 9.17) is 0 Å². The zero-order valence-electron chi connectivity index (χ0n) is 13.4. The first-order chi connectivity index (χ1) is 11.4. The Morgan fingerprint density at radius 1 is 1.33 bits per heavy atom. The highest BCUT2D eigenvalue weighted by atomic mass is 79.9. The van der Waals surface area contributed by atoms with Gasteiger partial charge in [-0.05, 0) is 40.4 Å². The Morgan fingerprint density at radius 2 is 2.08 bits per heavy atom. The van der Waals surface area contributed by atoms with E-state index in [1.165, 1.54) is 36.2 Å². The van der Waals surface area contributed by atoms with E-state index in [1.54, 1.807) is 0 Å². The number of thiol groups is 1. The first-order valence-corrected chi connectivity index (χ1v) is 10.0. The van der Waals surface area contributed by atoms with Crippen LogP contribution in [0.2, 0.25) is 0 Å². The first kappa shape index (κ1) is 19.4. The summed E-state index contributed by atoms with van der Waals surface area (Å²) in [7, 11) is 0. The molecule has 0 fully saturated rings. The molecule has 1 heterocycles. The third-order valence-corrected chi connectivity index (χ3v) is 6.07. The predicted molar refractivity (Wildman–Crippen MR) is 104 cm³/mol. The van der Waals surface area contributed by atoms with E-state index >= 15 is 0 Å². The average molecular weight is 430 g/mol. The summed E-state index contributed by atoms with van der Waals surface area (Å²) in [6.07, 6.45) is 5.59. The van der Waals surface area contributed by atoms with Gasteiger partial charge in [0.1, 0.15) is 10.9 Å². The molecule has 0 aliphatic rings. The van der Waals surface area contributed by atoms with Crippen molar-refractivity contribution in [2.75, 3.05) is 0 Å². The van der Waals surface area contributed by atoms with Crippen molar-refractivity contribution in [3.05, 3.63) is 27.2 Å². The quantitative estimate of drug-likeness (QED) is 0.424. The fourth-order valence-corrected chi connectivity index (χ4v) is 4.58. The number of unbranched alkanes of at least 4 members (excludes halogenated alkanes) is 3. The number of aryl methyl sites for hydroxylation is 1. The largest absolute Gasteiger partial charge is 0.481 e. The van der Waals surface area contributed by atoms with Gasteiger partial charge in [-0.2, -0.15) is 0 Å². The first-order valence-electron chi connectivity index (χ1n) is 7.96. The number of thiazole rings is 1. The van der Waals surface area contributed by atoms with Gasteiger partial charge in [0.15, 0.2) is 5.12 Å². The van der Waals surface area contributed by atoms with Gasteiger partial charge in [0.05, 0.1) is 10.2 Å². The van der Waals surface area contributed by atoms with Crippen molar-refractivity contribution in [1.82, 2.24) is 4.98 Å². The molecule has 0 radical (unpaired) electrons. The Hall–Kier alpha value is -0.920. The predicted octanol–water partition coefficient (Wildman–Crippen LogP) is 5.20. The van der Waals surface area contributed by atoms with Crippen LogP contribution in [0.3, 0.4) is 0 Å². The SMILES string of the molecule is CCCCCCc1ccc2sc(C(CC(=O)S)C(=O)O)nc2c1Br. The summed E-state index contributed by atoms with van der Waals surface area (Å²) >= 11 is 8.64. The van der Waals surface area contributed by atoms with Crippen LogP contribution in [0.1, 0.15) is 55.5 Å². The van der Waals surface area contributed by atoms with E-state index in [0.717, 1.165) is 27.5 Å². The van der Waals surface area contributed by atoms with Crippen molar-refractivity contribution in [3.63, 3.8) is 0 Å². The highest BCUT2D eigenvalue weighted by Crippen LogP contribution is 2.35. The maximum atomic E-state index is 11.4. The molecule has 24 heavy (non-hydrogen) atoms. The van der Waals surface area contributed by atoms with Crippen molar-refractivity contribution in [3.8, 4) is 0 Å². The molecule has 0 amide bonds. The molecule has 1 atom stereocenters. The molecule has 7 heteroatoms. The van der Waals surface area contributed by atoms with Gasteiger partial charge in [0.2, 0.25) is 0 Å². The van der Waals surface area contributed by atoms with Crippen LogP contribution < -0.4 is 0 Å². The number of rotatable bonds is 9. The Bertz CT molecular complexity index is 745. The van der Waals surface area contributed by atoms with Crippen molar-refractivity contribution in [2.24, 2.45) is 0 Å². The molecule has 2 aromatic rings. The summed E-state index contributed by atoms with van der Waals surface area (Å²) in [6.45, 7) is 2.19. The van der Waals surface area contributed by atoms with Crippen LogP contribution in [-0.2, 0) is 16.0 Å². The Kier molecular flexibility index (Phi) is 7.25. The van der Waals surface area contributed by atoms with Gasteiger partial charge in [-0.1, -0.05) is 32.3 Å². The van der Waals surface area contributed by atoms with Gasteiger partial charge in [-0.3, -0.25) is 9.59 Å². The van der Waals surface area contributed by atoms with Crippen molar-refractivity contribution < 1.29 is 14.7 Å². The van der Waals surface area contributed by atoms with Crippen LogP contribution in [-0.4, -0.2) is 21.2 Å². The number of nitrogens with zero attached hydrogens (tertiary/aromatic N) is 1. The number of hydrogen-bond acceptors (Lipinski definition) is 4. The molecule has 1 unspecified atom stereocenters. The second-order valence-corrected chi connectivity index (χ2v) is 8.09. The lowest BCUT2D eigenvalue weighted by Crippen LogP contribution is -2.13. The zero-order valence-corrected chi connectivity index (χ0v) is 16.7. The van der Waals surface area contributed by atoms with Crippen LogP contribution in [0, 0.1) is 0 Å². The lowest BCUT2D eigenvalue weighted by atomic mass is 10.1. The lowest BCUT2D eigenvalue weighted by molar-refractivity contribution is -0.139. The average Bonchev–Trinajstić information content (AvgIpc) is 2.95. The van der Waals surface area contributed by atoms with Gasteiger partial charge in [0, 0.05) is 10.9 Å². The highest BCUT2D eigenvalue weighted by Gasteiger charge is 2.26. The topological polar surface area (TPSA) is 67.3 Å². The molecule has 130 valence electrons. The van der Waals surface area contributed by atoms with Crippen LogP contribution >= 0.6 is 39.9 Å². The lowest BCUT2D eigenvalue weighted by Gasteiger charge is -2.05. The van der Waals surface area contributed by atoms with E-state index in [0.29, 0.717) is 5.01 Å². The summed E-state index contributed by atoms with van der Waals surface area (Å²) < 4.78 is 1.85. The van der Waals surface area contributed by atoms with Crippen LogP contribution in [0.4, 0.5) is 0 Å². The molecule has 0 bridgehead atoms. The van der Waals surface area contributed by atoms with E-state index in [9.17, 15) is 14.7 Å².